The zero-order valence-electron chi connectivity index (χ0n) is 31.2. The molecule has 1 saturated heterocycles. The van der Waals surface area contributed by atoms with Crippen molar-refractivity contribution in [1.29, 1.82) is 0 Å². The standard InChI is InChI=1S/C28H30N2O2/c29-27(31)28(23-7-3-1-4-8-23,24-9-5-2-6-10-24)25-14-17-30(20-25)16-13-21-11-12-26-22(19-21)15-18-32-26/h1-12,19,25H,13-18,20H2,(H2,29,31)/t25-/m1/s1/i1D,2D,3D,4D,5D,6D,7D,8D,9D,10D,16D2,18D2. The number of fused-ring (bicyclic) bond motifs is 1. The molecular weight excluding hydrogens is 396 g/mol. The average molecular weight is 441 g/mol. The van der Waals surface area contributed by atoms with Crippen LogP contribution in [0.5, 0.6) is 5.75 Å². The number of benzene rings is 3. The quantitative estimate of drug-likeness (QED) is 0.605. The number of ether oxygens (including phenoxy) is 1. The van der Waals surface area contributed by atoms with E-state index in [1.54, 1.807) is 18.2 Å². The second-order valence-corrected chi connectivity index (χ2v) is 7.80. The van der Waals surface area contributed by atoms with Gasteiger partial charge >= 0.3 is 0 Å². The Kier molecular flexibility index (Phi) is 2.81. The molecule has 2 aliphatic rings. The van der Waals surface area contributed by atoms with E-state index in [0.29, 0.717) is 16.9 Å². The Balaban J connectivity index is 1.66. The smallest absolute Gasteiger partial charge is 0.232 e. The van der Waals surface area contributed by atoms with Gasteiger partial charge in [0.25, 0.3) is 0 Å². The van der Waals surface area contributed by atoms with Crippen LogP contribution in [0.2, 0.25) is 0 Å². The van der Waals surface area contributed by atoms with Crippen molar-refractivity contribution in [2.45, 2.75) is 24.7 Å². The second kappa shape index (κ2) is 8.79. The van der Waals surface area contributed by atoms with Crippen molar-refractivity contribution in [1.82, 2.24) is 4.90 Å². The van der Waals surface area contributed by atoms with Crippen molar-refractivity contribution in [3.8, 4) is 5.75 Å². The lowest BCUT2D eigenvalue weighted by molar-refractivity contribution is -0.123. The molecule has 3 aromatic rings. The van der Waals surface area contributed by atoms with Crippen LogP contribution in [0.3, 0.4) is 0 Å². The van der Waals surface area contributed by atoms with Gasteiger partial charge in [0.05, 0.1) is 23.0 Å². The lowest BCUT2D eigenvalue weighted by atomic mass is 9.64. The fraction of sp³-hybridized carbons (Fsp3) is 0.321. The van der Waals surface area contributed by atoms with Gasteiger partial charge in [0.2, 0.25) is 5.91 Å². The lowest BCUT2D eigenvalue weighted by Crippen LogP contribution is -2.49. The van der Waals surface area contributed by atoms with E-state index in [-0.39, 0.29) is 32.4 Å². The molecule has 1 fully saturated rings. The predicted molar refractivity (Wildman–Crippen MR) is 127 cm³/mol. The number of carbonyl (C=O) groups excluding carboxylic acids is 1. The maximum absolute atomic E-state index is 13.8. The summed E-state index contributed by atoms with van der Waals surface area (Å²) in [5, 5.41) is 0. The number of amides is 1. The fourth-order valence-corrected chi connectivity index (χ4v) is 4.51. The Bertz CT molecular complexity index is 1650. The van der Waals surface area contributed by atoms with Crippen molar-refractivity contribution >= 4 is 5.91 Å². The van der Waals surface area contributed by atoms with E-state index in [9.17, 15) is 4.79 Å². The number of hydrogen-bond donors (Lipinski definition) is 1. The Morgan fingerprint density at radius 2 is 1.84 bits per heavy atom. The molecule has 32 heavy (non-hydrogen) atoms. The second-order valence-electron chi connectivity index (χ2n) is 7.80. The third kappa shape index (κ3) is 3.69. The van der Waals surface area contributed by atoms with Gasteiger partial charge in [-0.15, -0.1) is 0 Å². The van der Waals surface area contributed by atoms with E-state index in [0.717, 1.165) is 0 Å². The molecular formula is C28H30N2O2. The minimum absolute atomic E-state index is 0.0118. The van der Waals surface area contributed by atoms with Crippen LogP contribution < -0.4 is 10.5 Å². The first-order chi connectivity index (χ1) is 21.3. The summed E-state index contributed by atoms with van der Waals surface area (Å²) in [6, 6.07) is -3.31. The molecule has 5 rings (SSSR count). The Labute approximate surface area is 209 Å². The molecule has 164 valence electrons. The number of rotatable bonds is 7. The van der Waals surface area contributed by atoms with Gasteiger partial charge in [-0.2, -0.15) is 0 Å². The van der Waals surface area contributed by atoms with Gasteiger partial charge in [0.1, 0.15) is 11.2 Å². The minimum atomic E-state index is -2.55. The van der Waals surface area contributed by atoms with Gasteiger partial charge in [0, 0.05) is 22.2 Å². The summed E-state index contributed by atoms with van der Waals surface area (Å²) in [6.45, 7) is -4.28. The number of nitrogens with two attached hydrogens (primary N) is 1. The number of nitrogens with zero attached hydrogens (tertiary/aromatic N) is 1. The first-order valence-electron chi connectivity index (χ1n) is 17.3. The van der Waals surface area contributed by atoms with Crippen LogP contribution in [0.15, 0.2) is 78.6 Å². The van der Waals surface area contributed by atoms with Crippen LogP contribution in [0.25, 0.3) is 0 Å². The van der Waals surface area contributed by atoms with Crippen molar-refractivity contribution in [2.24, 2.45) is 11.7 Å². The van der Waals surface area contributed by atoms with Crippen LogP contribution in [-0.4, -0.2) is 37.0 Å². The molecule has 0 aromatic heterocycles. The highest BCUT2D eigenvalue weighted by Crippen LogP contribution is 2.43. The lowest BCUT2D eigenvalue weighted by Gasteiger charge is -2.37. The van der Waals surface area contributed by atoms with E-state index in [1.807, 2.05) is 0 Å². The van der Waals surface area contributed by atoms with Gasteiger partial charge in [-0.1, -0.05) is 72.6 Å². The van der Waals surface area contributed by atoms with Gasteiger partial charge in [-0.05, 0) is 53.6 Å². The Morgan fingerprint density at radius 3 is 2.50 bits per heavy atom. The third-order valence-corrected chi connectivity index (χ3v) is 6.05. The van der Waals surface area contributed by atoms with Crippen molar-refractivity contribution < 1.29 is 28.7 Å². The number of hydrogen-bond acceptors (Lipinski definition) is 3. The Morgan fingerprint density at radius 1 is 1.16 bits per heavy atom. The van der Waals surface area contributed by atoms with E-state index >= 15 is 0 Å². The summed E-state index contributed by atoms with van der Waals surface area (Å²) in [5.74, 6) is -2.14. The molecule has 4 nitrogen and oxygen atoms in total. The molecule has 2 aliphatic heterocycles. The molecule has 2 N–H and O–H groups in total. The van der Waals surface area contributed by atoms with Crippen LogP contribution in [-0.2, 0) is 23.1 Å². The van der Waals surface area contributed by atoms with Gasteiger partial charge in [-0.3, -0.25) is 4.79 Å². The summed E-state index contributed by atoms with van der Waals surface area (Å²) in [7, 11) is 0. The highest BCUT2D eigenvalue weighted by Gasteiger charge is 2.49. The molecule has 0 saturated carbocycles. The molecule has 0 bridgehead atoms. The van der Waals surface area contributed by atoms with Crippen LogP contribution in [0, 0.1) is 5.92 Å². The maximum Gasteiger partial charge on any atom is 0.232 e. The normalized spacial score (nSPS) is 26.6. The van der Waals surface area contributed by atoms with Crippen molar-refractivity contribution in [2.75, 3.05) is 26.1 Å². The van der Waals surface area contributed by atoms with E-state index in [4.69, 9.17) is 29.7 Å². The summed E-state index contributed by atoms with van der Waals surface area (Å²) >= 11 is 0. The topological polar surface area (TPSA) is 55.6 Å². The van der Waals surface area contributed by atoms with E-state index < -0.39 is 102 Å². The third-order valence-electron chi connectivity index (χ3n) is 6.05. The highest BCUT2D eigenvalue weighted by atomic mass is 16.5. The molecule has 0 radical (unpaired) electrons. The minimum Gasteiger partial charge on any atom is -0.493 e. The van der Waals surface area contributed by atoms with Gasteiger partial charge in [-0.25, -0.2) is 0 Å². The summed E-state index contributed by atoms with van der Waals surface area (Å²) in [4.78, 5) is 15.2. The van der Waals surface area contributed by atoms with E-state index in [2.05, 4.69) is 0 Å². The molecule has 3 aromatic carbocycles. The first-order valence-corrected chi connectivity index (χ1v) is 10.3. The zero-order valence-corrected chi connectivity index (χ0v) is 17.2. The molecule has 0 unspecified atom stereocenters. The van der Waals surface area contributed by atoms with Gasteiger partial charge < -0.3 is 15.4 Å². The molecule has 4 heteroatoms. The highest BCUT2D eigenvalue weighted by molar-refractivity contribution is 5.91. The number of aryl methyl sites for hydroxylation is 2. The molecule has 0 spiro atoms. The molecule has 1 atom stereocenters. The summed E-state index contributed by atoms with van der Waals surface area (Å²) < 4.78 is 123. The van der Waals surface area contributed by atoms with Crippen molar-refractivity contribution in [3.05, 3.63) is 101 Å². The monoisotopic (exact) mass is 440 g/mol. The summed E-state index contributed by atoms with van der Waals surface area (Å²) in [6.07, 6.45) is -0.240. The Hall–Kier alpha value is -3.11. The average Bonchev–Trinajstić information content (AvgIpc) is 3.60. The van der Waals surface area contributed by atoms with Crippen LogP contribution >= 0.6 is 0 Å². The van der Waals surface area contributed by atoms with Crippen molar-refractivity contribution in [3.63, 3.8) is 0 Å². The molecule has 1 amide bonds. The number of primary amides is 1. The van der Waals surface area contributed by atoms with E-state index in [1.165, 1.54) is 4.90 Å². The first kappa shape index (κ1) is 10.2. The zero-order chi connectivity index (χ0) is 34.3. The molecule has 2 heterocycles. The van der Waals surface area contributed by atoms with Crippen LogP contribution in [0.1, 0.15) is 47.9 Å². The molecule has 0 aliphatic carbocycles. The SMILES string of the molecule is [2H]c1c([2H])c([2H])c(C(C(N)=O)(c2c([2H])c([2H])c([2H])c([2H])c2[2H])[C@@H]2CCN(C([2H])([2H])Cc3ccc4c(c3)CC([2H])([2H])O4)C2)c([2H])c1[2H]. The summed E-state index contributed by atoms with van der Waals surface area (Å²) in [5.41, 5.74) is 3.31. The predicted octanol–water partition coefficient (Wildman–Crippen LogP) is 3.96. The van der Waals surface area contributed by atoms with Crippen LogP contribution in [0.4, 0.5) is 0 Å². The largest absolute Gasteiger partial charge is 0.493 e. The number of likely N-dealkylation sites (tertiary alicyclic amines) is 1. The van der Waals surface area contributed by atoms with Gasteiger partial charge in [0.15, 0.2) is 0 Å². The maximum atomic E-state index is 13.8. The fourth-order valence-electron chi connectivity index (χ4n) is 4.51. The number of carbonyl (C=O) groups is 1.